The van der Waals surface area contributed by atoms with Crippen LogP contribution in [-0.4, -0.2) is 69.1 Å². The number of methoxy groups -OCH3 is 2. The van der Waals surface area contributed by atoms with Gasteiger partial charge in [0.05, 0.1) is 36.7 Å². The minimum Gasteiger partial charge on any atom is -0.496 e. The number of amides is 1. The first-order valence-electron chi connectivity index (χ1n) is 13.7. The van der Waals surface area contributed by atoms with E-state index in [4.69, 9.17) is 36.2 Å². The van der Waals surface area contributed by atoms with Gasteiger partial charge < -0.3 is 19.9 Å². The second kappa shape index (κ2) is 13.7. The monoisotopic (exact) mass is 627 g/mol. The molecule has 1 amide bonds. The molecule has 0 aliphatic carbocycles. The van der Waals surface area contributed by atoms with E-state index in [0.29, 0.717) is 41.1 Å². The Morgan fingerprint density at radius 1 is 1.25 bits per heavy atom. The van der Waals surface area contributed by atoms with Crippen molar-refractivity contribution in [2.75, 3.05) is 26.5 Å². The van der Waals surface area contributed by atoms with E-state index in [9.17, 15) is 9.18 Å². The SMILES string of the molecule is COc1cc(OCc2c(F)cccc2Cl)cc(OC)c1/C=N/NC(=O)c1nnn(-c2nonc2N)c1CN1CCCC[C@@H]1C. The number of hydrogen-bond donors (Lipinski definition) is 2. The lowest BCUT2D eigenvalue weighted by Gasteiger charge is -2.33. The van der Waals surface area contributed by atoms with E-state index in [-0.39, 0.29) is 34.5 Å². The van der Waals surface area contributed by atoms with Crippen LogP contribution in [0.3, 0.4) is 0 Å². The van der Waals surface area contributed by atoms with Crippen molar-refractivity contribution in [1.29, 1.82) is 0 Å². The summed E-state index contributed by atoms with van der Waals surface area (Å²) in [4.78, 5) is 15.5. The largest absolute Gasteiger partial charge is 0.496 e. The van der Waals surface area contributed by atoms with Crippen molar-refractivity contribution >= 4 is 29.5 Å². The predicted octanol–water partition coefficient (Wildman–Crippen LogP) is 3.76. The molecule has 1 aliphatic heterocycles. The summed E-state index contributed by atoms with van der Waals surface area (Å²) < 4.78 is 37.1. The number of benzene rings is 2. The fourth-order valence-corrected chi connectivity index (χ4v) is 5.09. The Hall–Kier alpha value is -4.76. The second-order valence-corrected chi connectivity index (χ2v) is 10.4. The van der Waals surface area contributed by atoms with Crippen LogP contribution in [0.25, 0.3) is 5.82 Å². The Labute approximate surface area is 256 Å². The zero-order chi connectivity index (χ0) is 31.2. The molecule has 1 aliphatic rings. The van der Waals surface area contributed by atoms with Gasteiger partial charge in [0.15, 0.2) is 5.69 Å². The molecule has 232 valence electrons. The molecule has 0 radical (unpaired) electrons. The Morgan fingerprint density at radius 2 is 2.02 bits per heavy atom. The molecule has 1 atom stereocenters. The molecule has 16 heteroatoms. The Bertz CT molecular complexity index is 1610. The summed E-state index contributed by atoms with van der Waals surface area (Å²) in [5.74, 6) is 0.0557. The van der Waals surface area contributed by atoms with E-state index >= 15 is 0 Å². The molecule has 1 saturated heterocycles. The third-order valence-corrected chi connectivity index (χ3v) is 7.64. The fourth-order valence-electron chi connectivity index (χ4n) is 4.87. The number of hydrazone groups is 1. The van der Waals surface area contributed by atoms with Crippen LogP contribution in [0, 0.1) is 5.82 Å². The summed E-state index contributed by atoms with van der Waals surface area (Å²) in [6.45, 7) is 3.24. The molecule has 1 fully saturated rings. The number of nitrogens with two attached hydrogens (primary N) is 1. The van der Waals surface area contributed by atoms with Gasteiger partial charge >= 0.3 is 0 Å². The molecule has 2 aromatic heterocycles. The fraction of sp³-hybridized carbons (Fsp3) is 0.357. The van der Waals surface area contributed by atoms with Crippen LogP contribution in [0.2, 0.25) is 5.02 Å². The Balaban J connectivity index is 1.36. The van der Waals surface area contributed by atoms with Crippen molar-refractivity contribution < 1.29 is 28.0 Å². The number of halogens is 2. The molecule has 3 N–H and O–H groups in total. The van der Waals surface area contributed by atoms with Crippen molar-refractivity contribution in [3.8, 4) is 23.1 Å². The molecule has 0 saturated carbocycles. The van der Waals surface area contributed by atoms with Crippen molar-refractivity contribution in [3.05, 3.63) is 63.7 Å². The number of carbonyl (C=O) groups excluding carboxylic acids is 1. The Kier molecular flexibility index (Phi) is 9.55. The number of hydrogen-bond acceptors (Lipinski definition) is 12. The average molecular weight is 628 g/mol. The first-order chi connectivity index (χ1) is 21.3. The van der Waals surface area contributed by atoms with Crippen LogP contribution in [-0.2, 0) is 13.2 Å². The van der Waals surface area contributed by atoms with Crippen LogP contribution in [0.4, 0.5) is 10.2 Å². The standard InChI is InChI=1S/C28H31ClFN9O5/c1-16-7-4-5-10-38(16)14-22-25(33-37-39(22)27-26(31)35-44-36-27)28(40)34-32-13-18-23(41-2)11-17(12-24(18)42-3)43-15-19-20(29)8-6-9-21(19)30/h6,8-9,11-13,16H,4-5,7,10,14-15H2,1-3H3,(H2,31,35)(H,34,40)/b32-13+/t16-/m0/s1. The summed E-state index contributed by atoms with van der Waals surface area (Å²) in [6.07, 6.45) is 4.57. The van der Waals surface area contributed by atoms with E-state index in [1.165, 1.54) is 37.2 Å². The smallest absolute Gasteiger partial charge is 0.293 e. The van der Waals surface area contributed by atoms with E-state index in [1.54, 1.807) is 18.2 Å². The average Bonchev–Trinajstić information content (AvgIpc) is 3.63. The van der Waals surface area contributed by atoms with Gasteiger partial charge in [-0.05, 0) is 48.8 Å². The summed E-state index contributed by atoms with van der Waals surface area (Å²) in [5.41, 5.74) is 9.53. The number of nitrogens with zero attached hydrogens (tertiary/aromatic N) is 7. The molecule has 14 nitrogen and oxygen atoms in total. The van der Waals surface area contributed by atoms with Crippen LogP contribution in [0.1, 0.15) is 53.5 Å². The van der Waals surface area contributed by atoms with Gasteiger partial charge in [0, 0.05) is 30.3 Å². The third kappa shape index (κ3) is 6.58. The first-order valence-corrected chi connectivity index (χ1v) is 14.1. The zero-order valence-electron chi connectivity index (χ0n) is 24.3. The maximum Gasteiger partial charge on any atom is 0.293 e. The van der Waals surface area contributed by atoms with Gasteiger partial charge in [-0.15, -0.1) is 5.10 Å². The van der Waals surface area contributed by atoms with Crippen LogP contribution in [0.5, 0.6) is 17.2 Å². The number of likely N-dealkylation sites (tertiary alicyclic amines) is 1. The quantitative estimate of drug-likeness (QED) is 0.183. The highest BCUT2D eigenvalue weighted by Crippen LogP contribution is 2.34. The lowest BCUT2D eigenvalue weighted by atomic mass is 10.0. The molecule has 0 spiro atoms. The van der Waals surface area contributed by atoms with Crippen molar-refractivity contribution in [2.45, 2.75) is 45.4 Å². The lowest BCUT2D eigenvalue weighted by molar-refractivity contribution is 0.0945. The molecule has 4 aromatic rings. The van der Waals surface area contributed by atoms with E-state index in [0.717, 1.165) is 25.8 Å². The summed E-state index contributed by atoms with van der Waals surface area (Å²) in [5, 5.41) is 20.0. The van der Waals surface area contributed by atoms with Crippen LogP contribution in [0.15, 0.2) is 40.1 Å². The number of aromatic nitrogens is 5. The van der Waals surface area contributed by atoms with Crippen molar-refractivity contribution in [2.24, 2.45) is 5.10 Å². The molecule has 0 bridgehead atoms. The maximum absolute atomic E-state index is 14.2. The molecular formula is C28H31ClFN9O5. The predicted molar refractivity (Wildman–Crippen MR) is 158 cm³/mol. The number of nitrogen functional groups attached to an aromatic ring is 1. The van der Waals surface area contributed by atoms with Crippen LogP contribution < -0.4 is 25.4 Å². The van der Waals surface area contributed by atoms with Crippen molar-refractivity contribution in [3.63, 3.8) is 0 Å². The molecule has 0 unspecified atom stereocenters. The lowest BCUT2D eigenvalue weighted by Crippen LogP contribution is -2.38. The Morgan fingerprint density at radius 3 is 2.68 bits per heavy atom. The van der Waals surface area contributed by atoms with Gasteiger partial charge in [-0.25, -0.2) is 14.4 Å². The van der Waals surface area contributed by atoms with Gasteiger partial charge in [0.25, 0.3) is 5.91 Å². The summed E-state index contributed by atoms with van der Waals surface area (Å²) >= 11 is 6.12. The van der Waals surface area contributed by atoms with E-state index in [2.05, 4.69) is 43.0 Å². The molecule has 44 heavy (non-hydrogen) atoms. The van der Waals surface area contributed by atoms with E-state index in [1.807, 2.05) is 0 Å². The second-order valence-electron chi connectivity index (χ2n) is 10.0. The van der Waals surface area contributed by atoms with Gasteiger partial charge in [0.2, 0.25) is 11.6 Å². The number of ether oxygens (including phenoxy) is 3. The van der Waals surface area contributed by atoms with Crippen molar-refractivity contribution in [1.82, 2.24) is 35.6 Å². The number of nitrogens with one attached hydrogen (secondary N) is 1. The minimum absolute atomic E-state index is 0.0106. The highest BCUT2D eigenvalue weighted by Gasteiger charge is 2.28. The number of piperidine rings is 1. The molecular weight excluding hydrogens is 597 g/mol. The maximum atomic E-state index is 14.2. The highest BCUT2D eigenvalue weighted by molar-refractivity contribution is 6.31. The van der Waals surface area contributed by atoms with Crippen LogP contribution >= 0.6 is 11.6 Å². The van der Waals surface area contributed by atoms with Gasteiger partial charge in [0.1, 0.15) is 29.7 Å². The minimum atomic E-state index is -0.609. The number of carbonyl (C=O) groups is 1. The first kappa shape index (κ1) is 30.7. The topological polar surface area (TPSA) is 168 Å². The molecule has 3 heterocycles. The zero-order valence-corrected chi connectivity index (χ0v) is 25.0. The number of anilines is 1. The normalized spacial score (nSPS) is 15.4. The summed E-state index contributed by atoms with van der Waals surface area (Å²) in [6, 6.07) is 7.86. The number of rotatable bonds is 11. The summed E-state index contributed by atoms with van der Waals surface area (Å²) in [7, 11) is 2.91. The van der Waals surface area contributed by atoms with Gasteiger partial charge in [-0.1, -0.05) is 29.3 Å². The van der Waals surface area contributed by atoms with Gasteiger partial charge in [-0.3, -0.25) is 9.69 Å². The third-order valence-electron chi connectivity index (χ3n) is 7.29. The van der Waals surface area contributed by atoms with Gasteiger partial charge in [-0.2, -0.15) is 9.78 Å². The highest BCUT2D eigenvalue weighted by atomic mass is 35.5. The van der Waals surface area contributed by atoms with E-state index < -0.39 is 11.7 Å². The molecule has 5 rings (SSSR count). The molecule has 2 aromatic carbocycles.